The van der Waals surface area contributed by atoms with Crippen molar-refractivity contribution in [2.75, 3.05) is 13.1 Å². The average Bonchev–Trinajstić information content (AvgIpc) is 3.28. The lowest BCUT2D eigenvalue weighted by Crippen LogP contribution is -2.48. The smallest absolute Gasteiger partial charge is 0.237 e. The van der Waals surface area contributed by atoms with E-state index in [4.69, 9.17) is 0 Å². The molecule has 1 aromatic rings. The van der Waals surface area contributed by atoms with Crippen molar-refractivity contribution in [1.29, 1.82) is 0 Å². The van der Waals surface area contributed by atoms with Crippen LogP contribution in [0.2, 0.25) is 0 Å². The lowest BCUT2D eigenvalue weighted by molar-refractivity contribution is -0.123. The van der Waals surface area contributed by atoms with Gasteiger partial charge in [-0.25, -0.2) is 0 Å². The van der Waals surface area contributed by atoms with Gasteiger partial charge in [-0.15, -0.1) is 0 Å². The highest BCUT2D eigenvalue weighted by Gasteiger charge is 2.44. The number of aromatic nitrogens is 1. The van der Waals surface area contributed by atoms with Gasteiger partial charge in [-0.3, -0.25) is 9.78 Å². The molecule has 1 aromatic heterocycles. The van der Waals surface area contributed by atoms with Gasteiger partial charge in [-0.05, 0) is 43.9 Å². The molecule has 2 N–H and O–H groups in total. The molecule has 2 aliphatic rings. The molecule has 1 aliphatic heterocycles. The van der Waals surface area contributed by atoms with Crippen LogP contribution in [-0.4, -0.2) is 30.0 Å². The molecule has 1 atom stereocenters. The first-order valence-corrected chi connectivity index (χ1v) is 7.22. The summed E-state index contributed by atoms with van der Waals surface area (Å²) in [5, 5.41) is 6.42. The molecule has 0 spiro atoms. The fourth-order valence-electron chi connectivity index (χ4n) is 2.85. The Morgan fingerprint density at radius 2 is 2.37 bits per heavy atom. The van der Waals surface area contributed by atoms with Crippen LogP contribution in [0.1, 0.15) is 37.7 Å². The molecule has 102 valence electrons. The average molecular weight is 259 g/mol. The van der Waals surface area contributed by atoms with E-state index in [2.05, 4.69) is 21.7 Å². The van der Waals surface area contributed by atoms with Crippen LogP contribution in [0.3, 0.4) is 0 Å². The summed E-state index contributed by atoms with van der Waals surface area (Å²) in [4.78, 5) is 16.3. The number of piperidine rings is 1. The fraction of sp³-hybridized carbons (Fsp3) is 0.600. The van der Waals surface area contributed by atoms with E-state index >= 15 is 0 Å². The molecule has 19 heavy (non-hydrogen) atoms. The second-order valence-electron chi connectivity index (χ2n) is 5.74. The lowest BCUT2D eigenvalue weighted by atomic mass is 9.97. The minimum Gasteiger partial charge on any atom is -0.354 e. The van der Waals surface area contributed by atoms with Gasteiger partial charge < -0.3 is 10.6 Å². The van der Waals surface area contributed by atoms with Crippen LogP contribution in [0.5, 0.6) is 0 Å². The summed E-state index contributed by atoms with van der Waals surface area (Å²) in [6.45, 7) is 1.71. The number of amides is 1. The van der Waals surface area contributed by atoms with Crippen LogP contribution >= 0.6 is 0 Å². The summed E-state index contributed by atoms with van der Waals surface area (Å²) in [6.07, 6.45) is 9.32. The predicted octanol–water partition coefficient (Wildman–Crippen LogP) is 1.37. The molecule has 1 aliphatic carbocycles. The zero-order valence-electron chi connectivity index (χ0n) is 11.2. The SMILES string of the molecule is O=C(NCC1(c2cccnc2)CC1)C1CCCCN1. The number of rotatable bonds is 4. The molecule has 0 bridgehead atoms. The Bertz CT molecular complexity index is 436. The van der Waals surface area contributed by atoms with Crippen molar-refractivity contribution in [2.24, 2.45) is 0 Å². The van der Waals surface area contributed by atoms with E-state index in [-0.39, 0.29) is 17.4 Å². The van der Waals surface area contributed by atoms with Crippen molar-refractivity contribution < 1.29 is 4.79 Å². The monoisotopic (exact) mass is 259 g/mol. The van der Waals surface area contributed by atoms with Crippen LogP contribution < -0.4 is 10.6 Å². The third kappa shape index (κ3) is 2.78. The van der Waals surface area contributed by atoms with Gasteiger partial charge in [0.05, 0.1) is 6.04 Å². The van der Waals surface area contributed by atoms with Crippen LogP contribution in [0.25, 0.3) is 0 Å². The Labute approximate surface area is 114 Å². The third-order valence-corrected chi connectivity index (χ3v) is 4.36. The minimum atomic E-state index is 0.0125. The van der Waals surface area contributed by atoms with Crippen molar-refractivity contribution in [3.05, 3.63) is 30.1 Å². The van der Waals surface area contributed by atoms with Gasteiger partial charge in [0.25, 0.3) is 0 Å². The Morgan fingerprint density at radius 3 is 3.00 bits per heavy atom. The first-order chi connectivity index (χ1) is 9.30. The van der Waals surface area contributed by atoms with Crippen molar-refractivity contribution in [3.63, 3.8) is 0 Å². The summed E-state index contributed by atoms with van der Waals surface area (Å²) in [7, 11) is 0. The number of pyridine rings is 1. The summed E-state index contributed by atoms with van der Waals surface area (Å²) in [5.74, 6) is 0.162. The number of hydrogen-bond acceptors (Lipinski definition) is 3. The van der Waals surface area contributed by atoms with Gasteiger partial charge in [-0.1, -0.05) is 12.5 Å². The van der Waals surface area contributed by atoms with Crippen molar-refractivity contribution in [1.82, 2.24) is 15.6 Å². The van der Waals surface area contributed by atoms with E-state index in [0.29, 0.717) is 0 Å². The molecule has 1 saturated carbocycles. The Balaban J connectivity index is 1.56. The number of carbonyl (C=O) groups excluding carboxylic acids is 1. The molecular weight excluding hydrogens is 238 g/mol. The van der Waals surface area contributed by atoms with Gasteiger partial charge >= 0.3 is 0 Å². The summed E-state index contributed by atoms with van der Waals surface area (Å²) in [6, 6.07) is 4.10. The van der Waals surface area contributed by atoms with E-state index in [9.17, 15) is 4.79 Å². The van der Waals surface area contributed by atoms with Gasteiger partial charge in [0, 0.05) is 24.4 Å². The molecule has 2 fully saturated rings. The van der Waals surface area contributed by atoms with Crippen molar-refractivity contribution in [2.45, 2.75) is 43.6 Å². The quantitative estimate of drug-likeness (QED) is 0.858. The van der Waals surface area contributed by atoms with E-state index in [0.717, 1.165) is 38.8 Å². The predicted molar refractivity (Wildman–Crippen MR) is 73.8 cm³/mol. The van der Waals surface area contributed by atoms with E-state index < -0.39 is 0 Å². The van der Waals surface area contributed by atoms with Crippen molar-refractivity contribution in [3.8, 4) is 0 Å². The van der Waals surface area contributed by atoms with E-state index in [1.807, 2.05) is 12.3 Å². The number of carbonyl (C=O) groups is 1. The largest absolute Gasteiger partial charge is 0.354 e. The molecule has 4 nitrogen and oxygen atoms in total. The fourth-order valence-corrected chi connectivity index (χ4v) is 2.85. The maximum Gasteiger partial charge on any atom is 0.237 e. The molecule has 3 rings (SSSR count). The minimum absolute atomic E-state index is 0.0125. The van der Waals surface area contributed by atoms with E-state index in [1.54, 1.807) is 6.20 Å². The second kappa shape index (κ2) is 5.29. The van der Waals surface area contributed by atoms with Crippen LogP contribution in [0.15, 0.2) is 24.5 Å². The van der Waals surface area contributed by atoms with Crippen LogP contribution in [0.4, 0.5) is 0 Å². The van der Waals surface area contributed by atoms with Gasteiger partial charge in [0.15, 0.2) is 0 Å². The molecule has 1 amide bonds. The van der Waals surface area contributed by atoms with Gasteiger partial charge in [0.1, 0.15) is 0 Å². The Morgan fingerprint density at radius 1 is 1.47 bits per heavy atom. The molecule has 2 heterocycles. The van der Waals surface area contributed by atoms with E-state index in [1.165, 1.54) is 12.0 Å². The zero-order valence-corrected chi connectivity index (χ0v) is 11.2. The molecule has 1 unspecified atom stereocenters. The molecule has 1 saturated heterocycles. The Kier molecular flexibility index (Phi) is 3.51. The standard InChI is InChI=1S/C15H21N3O/c19-14(13-5-1-2-9-17-13)18-11-15(6-7-15)12-4-3-8-16-10-12/h3-4,8,10,13,17H,1-2,5-7,9,11H2,(H,18,19). The summed E-state index contributed by atoms with van der Waals surface area (Å²) >= 11 is 0. The normalized spacial score (nSPS) is 24.7. The number of nitrogens with one attached hydrogen (secondary N) is 2. The molecule has 4 heteroatoms. The topological polar surface area (TPSA) is 54.0 Å². The first-order valence-electron chi connectivity index (χ1n) is 7.22. The maximum atomic E-state index is 12.1. The Hall–Kier alpha value is -1.42. The van der Waals surface area contributed by atoms with Gasteiger partial charge in [0.2, 0.25) is 5.91 Å². The van der Waals surface area contributed by atoms with Crippen molar-refractivity contribution >= 4 is 5.91 Å². The van der Waals surface area contributed by atoms with Crippen LogP contribution in [0, 0.1) is 0 Å². The van der Waals surface area contributed by atoms with Gasteiger partial charge in [-0.2, -0.15) is 0 Å². The third-order valence-electron chi connectivity index (χ3n) is 4.36. The zero-order chi connectivity index (χ0) is 13.1. The summed E-state index contributed by atoms with van der Waals surface area (Å²) < 4.78 is 0. The molecular formula is C15H21N3O. The number of nitrogens with zero attached hydrogens (tertiary/aromatic N) is 1. The molecule has 0 radical (unpaired) electrons. The molecule has 0 aromatic carbocycles. The lowest BCUT2D eigenvalue weighted by Gasteiger charge is -2.24. The highest BCUT2D eigenvalue weighted by atomic mass is 16.2. The maximum absolute atomic E-state index is 12.1. The van der Waals surface area contributed by atoms with Crippen LogP contribution in [-0.2, 0) is 10.2 Å². The first kappa shape index (κ1) is 12.6. The number of hydrogen-bond donors (Lipinski definition) is 2. The second-order valence-corrected chi connectivity index (χ2v) is 5.74. The highest BCUT2D eigenvalue weighted by molar-refractivity contribution is 5.82. The summed E-state index contributed by atoms with van der Waals surface area (Å²) in [5.41, 5.74) is 1.41. The highest BCUT2D eigenvalue weighted by Crippen LogP contribution is 2.47.